The summed E-state index contributed by atoms with van der Waals surface area (Å²) in [5.41, 5.74) is 0.203. The van der Waals surface area contributed by atoms with E-state index < -0.39 is 5.97 Å². The molecule has 0 radical (unpaired) electrons. The van der Waals surface area contributed by atoms with Gasteiger partial charge in [0.1, 0.15) is 11.3 Å². The fourth-order valence-corrected chi connectivity index (χ4v) is 1.01. The van der Waals surface area contributed by atoms with Gasteiger partial charge in [-0.1, -0.05) is 6.08 Å². The Labute approximate surface area is 82.2 Å². The SMILES string of the molecule is C=CC(C)NCc1occc1C(=O)O. The van der Waals surface area contributed by atoms with Crippen molar-refractivity contribution in [3.8, 4) is 0 Å². The van der Waals surface area contributed by atoms with Crippen LogP contribution in [0, 0.1) is 0 Å². The molecule has 0 aliphatic rings. The van der Waals surface area contributed by atoms with E-state index in [2.05, 4.69) is 11.9 Å². The molecule has 0 spiro atoms. The second kappa shape index (κ2) is 4.62. The zero-order chi connectivity index (χ0) is 10.6. The zero-order valence-electron chi connectivity index (χ0n) is 7.99. The number of hydrogen-bond acceptors (Lipinski definition) is 3. The number of carboxylic acid groups (broad SMARTS) is 1. The molecule has 2 N–H and O–H groups in total. The van der Waals surface area contributed by atoms with Gasteiger partial charge in [0, 0.05) is 6.04 Å². The Morgan fingerprint density at radius 2 is 2.57 bits per heavy atom. The van der Waals surface area contributed by atoms with Crippen LogP contribution >= 0.6 is 0 Å². The van der Waals surface area contributed by atoms with Crippen LogP contribution in [-0.2, 0) is 6.54 Å². The fourth-order valence-electron chi connectivity index (χ4n) is 1.01. The summed E-state index contributed by atoms with van der Waals surface area (Å²) in [5, 5.41) is 11.8. The van der Waals surface area contributed by atoms with Crippen molar-refractivity contribution >= 4 is 5.97 Å². The number of carboxylic acids is 1. The molecule has 1 heterocycles. The summed E-state index contributed by atoms with van der Waals surface area (Å²) in [7, 11) is 0. The molecule has 1 atom stereocenters. The molecule has 1 rings (SSSR count). The third kappa shape index (κ3) is 2.47. The lowest BCUT2D eigenvalue weighted by atomic mass is 10.2. The highest BCUT2D eigenvalue weighted by molar-refractivity contribution is 5.88. The number of rotatable bonds is 5. The predicted octanol–water partition coefficient (Wildman–Crippen LogP) is 1.64. The van der Waals surface area contributed by atoms with Crippen molar-refractivity contribution in [2.45, 2.75) is 19.5 Å². The zero-order valence-corrected chi connectivity index (χ0v) is 7.99. The maximum atomic E-state index is 10.7. The average molecular weight is 195 g/mol. The third-order valence-electron chi connectivity index (χ3n) is 1.91. The van der Waals surface area contributed by atoms with Crippen LogP contribution in [0.15, 0.2) is 29.4 Å². The standard InChI is InChI=1S/C10H13NO3/c1-3-7(2)11-6-9-8(10(12)13)4-5-14-9/h3-5,7,11H,1,6H2,2H3,(H,12,13). The van der Waals surface area contributed by atoms with Crippen molar-refractivity contribution in [2.24, 2.45) is 0 Å². The Hall–Kier alpha value is -1.55. The van der Waals surface area contributed by atoms with Crippen molar-refractivity contribution in [1.82, 2.24) is 5.32 Å². The first-order valence-electron chi connectivity index (χ1n) is 4.30. The topological polar surface area (TPSA) is 62.5 Å². The molecular weight excluding hydrogens is 182 g/mol. The summed E-state index contributed by atoms with van der Waals surface area (Å²) in [6, 6.07) is 1.57. The van der Waals surface area contributed by atoms with Gasteiger partial charge >= 0.3 is 5.97 Å². The Bertz CT molecular complexity index is 330. The molecule has 14 heavy (non-hydrogen) atoms. The van der Waals surface area contributed by atoms with E-state index in [1.54, 1.807) is 6.08 Å². The third-order valence-corrected chi connectivity index (χ3v) is 1.91. The van der Waals surface area contributed by atoms with Crippen LogP contribution in [0.4, 0.5) is 0 Å². The molecular formula is C10H13NO3. The molecule has 0 aliphatic heterocycles. The summed E-state index contributed by atoms with van der Waals surface area (Å²) >= 11 is 0. The summed E-state index contributed by atoms with van der Waals surface area (Å²) in [4.78, 5) is 10.7. The normalized spacial score (nSPS) is 12.4. The van der Waals surface area contributed by atoms with Crippen molar-refractivity contribution in [1.29, 1.82) is 0 Å². The van der Waals surface area contributed by atoms with E-state index in [4.69, 9.17) is 9.52 Å². The van der Waals surface area contributed by atoms with E-state index in [1.165, 1.54) is 12.3 Å². The smallest absolute Gasteiger partial charge is 0.339 e. The summed E-state index contributed by atoms with van der Waals surface area (Å²) in [6.45, 7) is 5.93. The molecule has 0 aliphatic carbocycles. The highest BCUT2D eigenvalue weighted by atomic mass is 16.4. The van der Waals surface area contributed by atoms with Crippen molar-refractivity contribution in [2.75, 3.05) is 0 Å². The van der Waals surface area contributed by atoms with Gasteiger partial charge in [0.05, 0.1) is 12.8 Å². The minimum atomic E-state index is -0.971. The molecule has 4 nitrogen and oxygen atoms in total. The van der Waals surface area contributed by atoms with Gasteiger partial charge in [-0.2, -0.15) is 0 Å². The molecule has 1 unspecified atom stereocenters. The Balaban J connectivity index is 2.62. The van der Waals surface area contributed by atoms with Gasteiger partial charge in [0.2, 0.25) is 0 Å². The van der Waals surface area contributed by atoms with Crippen LogP contribution in [-0.4, -0.2) is 17.1 Å². The maximum absolute atomic E-state index is 10.7. The lowest BCUT2D eigenvalue weighted by Gasteiger charge is -2.07. The highest BCUT2D eigenvalue weighted by Gasteiger charge is 2.12. The van der Waals surface area contributed by atoms with E-state index in [0.29, 0.717) is 12.3 Å². The summed E-state index contributed by atoms with van der Waals surface area (Å²) < 4.78 is 5.04. The molecule has 4 heteroatoms. The van der Waals surface area contributed by atoms with Crippen molar-refractivity contribution in [3.05, 3.63) is 36.3 Å². The van der Waals surface area contributed by atoms with Gasteiger partial charge in [-0.05, 0) is 13.0 Å². The van der Waals surface area contributed by atoms with Gasteiger partial charge in [0.25, 0.3) is 0 Å². The van der Waals surface area contributed by atoms with E-state index in [9.17, 15) is 4.79 Å². The van der Waals surface area contributed by atoms with E-state index >= 15 is 0 Å². The Morgan fingerprint density at radius 3 is 3.14 bits per heavy atom. The van der Waals surface area contributed by atoms with E-state index in [-0.39, 0.29) is 11.6 Å². The van der Waals surface area contributed by atoms with Crippen LogP contribution in [0.5, 0.6) is 0 Å². The minimum Gasteiger partial charge on any atom is -0.478 e. The molecule has 0 fully saturated rings. The average Bonchev–Trinajstić information content (AvgIpc) is 2.62. The predicted molar refractivity (Wildman–Crippen MR) is 52.2 cm³/mol. The van der Waals surface area contributed by atoms with Crippen molar-refractivity contribution in [3.63, 3.8) is 0 Å². The van der Waals surface area contributed by atoms with Gasteiger partial charge < -0.3 is 14.8 Å². The molecule has 0 bridgehead atoms. The van der Waals surface area contributed by atoms with Gasteiger partial charge in [-0.25, -0.2) is 4.79 Å². The largest absolute Gasteiger partial charge is 0.478 e. The lowest BCUT2D eigenvalue weighted by Crippen LogP contribution is -2.23. The number of carbonyl (C=O) groups is 1. The first-order chi connectivity index (χ1) is 6.65. The van der Waals surface area contributed by atoms with E-state index in [0.717, 1.165) is 0 Å². The quantitative estimate of drug-likeness (QED) is 0.701. The van der Waals surface area contributed by atoms with Crippen LogP contribution in [0.2, 0.25) is 0 Å². The molecule has 0 saturated heterocycles. The lowest BCUT2D eigenvalue weighted by molar-refractivity contribution is 0.0694. The number of furan rings is 1. The summed E-state index contributed by atoms with van der Waals surface area (Å²) in [6.07, 6.45) is 3.11. The van der Waals surface area contributed by atoms with Crippen molar-refractivity contribution < 1.29 is 14.3 Å². The second-order valence-electron chi connectivity index (χ2n) is 2.97. The molecule has 76 valence electrons. The first-order valence-corrected chi connectivity index (χ1v) is 4.30. The second-order valence-corrected chi connectivity index (χ2v) is 2.97. The summed E-state index contributed by atoms with van der Waals surface area (Å²) in [5.74, 6) is -0.534. The molecule has 0 amide bonds. The first kappa shape index (κ1) is 10.5. The Morgan fingerprint density at radius 1 is 1.86 bits per heavy atom. The molecule has 0 aromatic carbocycles. The van der Waals surface area contributed by atoms with Gasteiger partial charge in [-0.15, -0.1) is 6.58 Å². The molecule has 0 saturated carbocycles. The number of hydrogen-bond donors (Lipinski definition) is 2. The molecule has 1 aromatic heterocycles. The maximum Gasteiger partial charge on any atom is 0.339 e. The van der Waals surface area contributed by atoms with Crippen LogP contribution in [0.25, 0.3) is 0 Å². The van der Waals surface area contributed by atoms with Crippen LogP contribution in [0.3, 0.4) is 0 Å². The molecule has 1 aromatic rings. The Kier molecular flexibility index (Phi) is 3.48. The highest BCUT2D eigenvalue weighted by Crippen LogP contribution is 2.10. The van der Waals surface area contributed by atoms with Gasteiger partial charge in [-0.3, -0.25) is 0 Å². The van der Waals surface area contributed by atoms with Crippen LogP contribution in [0.1, 0.15) is 23.0 Å². The number of nitrogens with one attached hydrogen (secondary N) is 1. The van der Waals surface area contributed by atoms with Gasteiger partial charge in [0.15, 0.2) is 0 Å². The van der Waals surface area contributed by atoms with Crippen LogP contribution < -0.4 is 5.32 Å². The monoisotopic (exact) mass is 195 g/mol. The number of aromatic carboxylic acids is 1. The van der Waals surface area contributed by atoms with E-state index in [1.807, 2.05) is 6.92 Å². The minimum absolute atomic E-state index is 0.127. The fraction of sp³-hybridized carbons (Fsp3) is 0.300.